The topological polar surface area (TPSA) is 18.5 Å². The van der Waals surface area contributed by atoms with Crippen LogP contribution < -0.4 is 4.74 Å². The summed E-state index contributed by atoms with van der Waals surface area (Å²) in [5, 5.41) is 0. The Bertz CT molecular complexity index is 718. The lowest BCUT2D eigenvalue weighted by molar-refractivity contribution is 0.146. The molecule has 0 saturated heterocycles. The van der Waals surface area contributed by atoms with Crippen LogP contribution in [0.4, 0.5) is 0 Å². The number of benzene rings is 2. The van der Waals surface area contributed by atoms with Crippen LogP contribution in [0.1, 0.15) is 61.8 Å². The Hall–Kier alpha value is -1.80. The molecule has 0 radical (unpaired) electrons. The van der Waals surface area contributed by atoms with Gasteiger partial charge in [0.2, 0.25) is 0 Å². The molecule has 2 rings (SSSR count). The fraction of sp³-hybridized carbons (Fsp3) is 0.500. The van der Waals surface area contributed by atoms with Gasteiger partial charge in [0.25, 0.3) is 0 Å². The summed E-state index contributed by atoms with van der Waals surface area (Å²) in [4.78, 5) is 0. The summed E-state index contributed by atoms with van der Waals surface area (Å²) >= 11 is 0. The minimum absolute atomic E-state index is 0.505. The van der Waals surface area contributed by atoms with E-state index in [1.807, 2.05) is 0 Å². The summed E-state index contributed by atoms with van der Waals surface area (Å²) in [6.07, 6.45) is 3.43. The summed E-state index contributed by atoms with van der Waals surface area (Å²) in [6.45, 7) is 12.4. The van der Waals surface area contributed by atoms with Crippen LogP contribution in [0.15, 0.2) is 30.3 Å². The van der Waals surface area contributed by atoms with E-state index >= 15 is 0 Å². The molecule has 0 amide bonds. The highest BCUT2D eigenvalue weighted by atomic mass is 16.5. The second-order valence-electron chi connectivity index (χ2n) is 7.18. The number of methoxy groups -OCH3 is 1. The fourth-order valence-corrected chi connectivity index (χ4v) is 3.68. The zero-order valence-corrected chi connectivity index (χ0v) is 17.3. The van der Waals surface area contributed by atoms with Crippen molar-refractivity contribution in [1.29, 1.82) is 0 Å². The van der Waals surface area contributed by atoms with Crippen LogP contribution in [0, 0.1) is 13.8 Å². The molecule has 1 unspecified atom stereocenters. The molecule has 1 atom stereocenters. The van der Waals surface area contributed by atoms with E-state index < -0.39 is 0 Å². The summed E-state index contributed by atoms with van der Waals surface area (Å²) < 4.78 is 11.1. The van der Waals surface area contributed by atoms with Crippen molar-refractivity contribution in [2.75, 3.05) is 20.3 Å². The van der Waals surface area contributed by atoms with Gasteiger partial charge in [-0.1, -0.05) is 45.4 Å². The highest BCUT2D eigenvalue weighted by molar-refractivity contribution is 5.74. The molecule has 2 nitrogen and oxygen atoms in total. The number of hydrogen-bond acceptors (Lipinski definition) is 2. The van der Waals surface area contributed by atoms with Crippen molar-refractivity contribution in [2.45, 2.75) is 59.8 Å². The van der Waals surface area contributed by atoms with E-state index in [9.17, 15) is 0 Å². The van der Waals surface area contributed by atoms with E-state index in [0.29, 0.717) is 19.1 Å². The average Bonchev–Trinajstić information content (AvgIpc) is 2.63. The molecule has 0 fully saturated rings. The summed E-state index contributed by atoms with van der Waals surface area (Å²) in [6, 6.07) is 11.3. The predicted molar refractivity (Wildman–Crippen MR) is 111 cm³/mol. The molecule has 0 spiro atoms. The minimum atomic E-state index is 0.505. The summed E-state index contributed by atoms with van der Waals surface area (Å²) in [7, 11) is 1.71. The van der Waals surface area contributed by atoms with Crippen molar-refractivity contribution in [3.63, 3.8) is 0 Å². The zero-order chi connectivity index (χ0) is 19.1. The molecule has 0 aliphatic carbocycles. The molecular weight excluding hydrogens is 320 g/mol. The van der Waals surface area contributed by atoms with E-state index in [1.165, 1.54) is 46.2 Å². The highest BCUT2D eigenvalue weighted by Gasteiger charge is 2.17. The molecule has 2 aromatic rings. The molecule has 142 valence electrons. The third-order valence-electron chi connectivity index (χ3n) is 5.26. The normalized spacial score (nSPS) is 12.2. The maximum absolute atomic E-state index is 5.99. The van der Waals surface area contributed by atoms with Crippen molar-refractivity contribution in [3.8, 4) is 16.9 Å². The maximum atomic E-state index is 5.99. The lowest BCUT2D eigenvalue weighted by Gasteiger charge is -2.21. The Morgan fingerprint density at radius 3 is 2.42 bits per heavy atom. The molecule has 0 saturated carbocycles. The molecule has 0 aliphatic heterocycles. The molecular formula is C24H34O2. The maximum Gasteiger partial charge on any atom is 0.122 e. The van der Waals surface area contributed by atoms with Crippen LogP contribution >= 0.6 is 0 Å². The Morgan fingerprint density at radius 2 is 1.77 bits per heavy atom. The lowest BCUT2D eigenvalue weighted by Crippen LogP contribution is -2.07. The molecule has 26 heavy (non-hydrogen) atoms. The van der Waals surface area contributed by atoms with E-state index in [4.69, 9.17) is 9.47 Å². The Kier molecular flexibility index (Phi) is 7.71. The Labute approximate surface area is 159 Å². The third-order valence-corrected chi connectivity index (χ3v) is 5.26. The van der Waals surface area contributed by atoms with Crippen LogP contribution in [0.2, 0.25) is 0 Å². The number of rotatable bonds is 9. The van der Waals surface area contributed by atoms with Crippen LogP contribution in [0.3, 0.4) is 0 Å². The van der Waals surface area contributed by atoms with Crippen molar-refractivity contribution in [1.82, 2.24) is 0 Å². The second kappa shape index (κ2) is 9.78. The molecule has 0 bridgehead atoms. The van der Waals surface area contributed by atoms with E-state index in [2.05, 4.69) is 65.0 Å². The van der Waals surface area contributed by atoms with Crippen molar-refractivity contribution < 1.29 is 9.47 Å². The van der Waals surface area contributed by atoms with Crippen LogP contribution in [0.25, 0.3) is 11.1 Å². The molecule has 0 aromatic heterocycles. The largest absolute Gasteiger partial charge is 0.491 e. The third kappa shape index (κ3) is 4.67. The number of hydrogen-bond donors (Lipinski definition) is 0. The van der Waals surface area contributed by atoms with Gasteiger partial charge in [-0.2, -0.15) is 0 Å². The van der Waals surface area contributed by atoms with Crippen molar-refractivity contribution in [2.24, 2.45) is 0 Å². The average molecular weight is 355 g/mol. The SMILES string of the molecule is CCCC(C)c1cc(OCCOC)c(C)cc1-c1cccc(CC)c1C. The predicted octanol–water partition coefficient (Wildman–Crippen LogP) is 6.46. The van der Waals surface area contributed by atoms with E-state index in [0.717, 1.165) is 12.2 Å². The van der Waals surface area contributed by atoms with Gasteiger partial charge in [0.05, 0.1) is 6.61 Å². The van der Waals surface area contributed by atoms with Gasteiger partial charge in [-0.25, -0.2) is 0 Å². The smallest absolute Gasteiger partial charge is 0.122 e. The number of ether oxygens (including phenoxy) is 2. The standard InChI is InChI=1S/C24H34O2/c1-7-10-17(3)22-16-24(26-14-13-25-6)18(4)15-23(22)21-12-9-11-20(8-2)19(21)5/h9,11-12,15-17H,7-8,10,13-14H2,1-6H3. The van der Waals surface area contributed by atoms with Gasteiger partial charge in [-0.15, -0.1) is 0 Å². The first-order valence-corrected chi connectivity index (χ1v) is 9.88. The van der Waals surface area contributed by atoms with Gasteiger partial charge in [0.1, 0.15) is 12.4 Å². The van der Waals surface area contributed by atoms with Crippen LogP contribution in [0.5, 0.6) is 5.75 Å². The van der Waals surface area contributed by atoms with Crippen molar-refractivity contribution >= 4 is 0 Å². The summed E-state index contributed by atoms with van der Waals surface area (Å²) in [5.74, 6) is 1.48. The molecule has 0 aliphatic rings. The molecule has 2 aromatic carbocycles. The van der Waals surface area contributed by atoms with Gasteiger partial charge >= 0.3 is 0 Å². The first-order valence-electron chi connectivity index (χ1n) is 9.88. The second-order valence-corrected chi connectivity index (χ2v) is 7.18. The number of aryl methyl sites for hydroxylation is 2. The Morgan fingerprint density at radius 1 is 1.00 bits per heavy atom. The van der Waals surface area contributed by atoms with E-state index in [-0.39, 0.29) is 0 Å². The van der Waals surface area contributed by atoms with Gasteiger partial charge < -0.3 is 9.47 Å². The zero-order valence-electron chi connectivity index (χ0n) is 17.3. The lowest BCUT2D eigenvalue weighted by atomic mass is 9.85. The molecule has 2 heteroatoms. The first-order chi connectivity index (χ1) is 12.5. The summed E-state index contributed by atoms with van der Waals surface area (Å²) in [5.41, 5.74) is 8.11. The quantitative estimate of drug-likeness (QED) is 0.481. The van der Waals surface area contributed by atoms with Crippen LogP contribution in [-0.4, -0.2) is 20.3 Å². The van der Waals surface area contributed by atoms with Gasteiger partial charge in [0.15, 0.2) is 0 Å². The molecule has 0 heterocycles. The van der Waals surface area contributed by atoms with Gasteiger partial charge in [-0.05, 0) is 78.1 Å². The van der Waals surface area contributed by atoms with Crippen molar-refractivity contribution in [3.05, 3.63) is 52.6 Å². The van der Waals surface area contributed by atoms with Gasteiger partial charge in [0, 0.05) is 7.11 Å². The monoisotopic (exact) mass is 354 g/mol. The highest BCUT2D eigenvalue weighted by Crippen LogP contribution is 2.38. The first kappa shape index (κ1) is 20.5. The molecule has 0 N–H and O–H groups in total. The van der Waals surface area contributed by atoms with Gasteiger partial charge in [-0.3, -0.25) is 0 Å². The fourth-order valence-electron chi connectivity index (χ4n) is 3.68. The van der Waals surface area contributed by atoms with E-state index in [1.54, 1.807) is 7.11 Å². The van der Waals surface area contributed by atoms with Crippen LogP contribution in [-0.2, 0) is 11.2 Å². The Balaban J connectivity index is 2.55. The minimum Gasteiger partial charge on any atom is -0.491 e.